The summed E-state index contributed by atoms with van der Waals surface area (Å²) >= 11 is 0. The molecule has 39 heavy (non-hydrogen) atoms. The number of aliphatic hydroxyl groups excluding tert-OH is 3. The number of nitrogens with zero attached hydrogens (tertiary/aromatic N) is 2. The zero-order chi connectivity index (χ0) is 29.1. The first-order valence-electron chi connectivity index (χ1n) is 13.2. The quantitative estimate of drug-likeness (QED) is 0.272. The number of anilines is 1. The number of carbonyl (C=O) groups excluding carboxylic acids is 3. The molecule has 11 nitrogen and oxygen atoms in total. The van der Waals surface area contributed by atoms with Crippen LogP contribution < -0.4 is 10.6 Å². The van der Waals surface area contributed by atoms with Gasteiger partial charge in [-0.15, -0.1) is 0 Å². The second-order valence-electron chi connectivity index (χ2n) is 10.9. The van der Waals surface area contributed by atoms with Crippen molar-refractivity contribution >= 4 is 28.9 Å². The summed E-state index contributed by atoms with van der Waals surface area (Å²) in [6.07, 6.45) is 0.000942. The van der Waals surface area contributed by atoms with Gasteiger partial charge in [0.25, 0.3) is 5.91 Å². The minimum absolute atomic E-state index is 0.000644. The fraction of sp³-hybridized carbons (Fsp3) is 0.536. The largest absolute Gasteiger partial charge is 0.508 e. The van der Waals surface area contributed by atoms with Gasteiger partial charge in [-0.2, -0.15) is 0 Å². The van der Waals surface area contributed by atoms with Gasteiger partial charge in [-0.3, -0.25) is 19.3 Å². The van der Waals surface area contributed by atoms with Crippen molar-refractivity contribution < 1.29 is 39.9 Å². The van der Waals surface area contributed by atoms with E-state index in [-0.39, 0.29) is 11.3 Å². The van der Waals surface area contributed by atoms with Crippen LogP contribution >= 0.6 is 0 Å². The first-order chi connectivity index (χ1) is 18.3. The number of phenolic OH excluding ortho intramolecular Hbond substituents is 1. The summed E-state index contributed by atoms with van der Waals surface area (Å²) in [5, 5.41) is 57.3. The Balaban J connectivity index is 2.00. The van der Waals surface area contributed by atoms with E-state index in [9.17, 15) is 39.9 Å². The van der Waals surface area contributed by atoms with E-state index in [0.29, 0.717) is 24.3 Å². The lowest BCUT2D eigenvalue weighted by Crippen LogP contribution is -2.70. The zero-order valence-corrected chi connectivity index (χ0v) is 22.8. The number of Topliss-reactive ketones (excluding diaryl/α,β-unsaturated/α-hetero) is 2. The lowest BCUT2D eigenvalue weighted by Gasteiger charge is -2.53. The number of aromatic hydroxyl groups is 1. The molecular weight excluding hydrogens is 506 g/mol. The van der Waals surface area contributed by atoms with Crippen LogP contribution in [0.3, 0.4) is 0 Å². The number of hydrogen-bond acceptors (Lipinski definition) is 10. The molecule has 0 bridgehead atoms. The molecule has 1 aromatic carbocycles. The lowest BCUT2D eigenvalue weighted by atomic mass is 9.54. The van der Waals surface area contributed by atoms with Gasteiger partial charge in [0.2, 0.25) is 5.78 Å². The molecule has 212 valence electrons. The van der Waals surface area contributed by atoms with E-state index in [1.165, 1.54) is 19.0 Å². The van der Waals surface area contributed by atoms with Gasteiger partial charge in [-0.05, 0) is 44.5 Å². The molecular formula is C28H37N3O8. The predicted molar refractivity (Wildman–Crippen MR) is 143 cm³/mol. The van der Waals surface area contributed by atoms with Gasteiger partial charge in [0.15, 0.2) is 11.4 Å². The molecule has 7 N–H and O–H groups in total. The van der Waals surface area contributed by atoms with Gasteiger partial charge in [0, 0.05) is 24.6 Å². The fourth-order valence-electron chi connectivity index (χ4n) is 6.75. The number of aliphatic hydroxyl groups is 4. The zero-order valence-electron chi connectivity index (χ0n) is 22.8. The summed E-state index contributed by atoms with van der Waals surface area (Å²) in [5.41, 5.74) is 2.04. The number of carbonyl (C=O) groups is 3. The Bertz CT molecular complexity index is 1300. The maximum atomic E-state index is 14.1. The van der Waals surface area contributed by atoms with Gasteiger partial charge in [-0.25, -0.2) is 0 Å². The van der Waals surface area contributed by atoms with Gasteiger partial charge < -0.3 is 36.2 Å². The van der Waals surface area contributed by atoms with Crippen molar-refractivity contribution in [3.8, 4) is 5.75 Å². The predicted octanol–water partition coefficient (Wildman–Crippen LogP) is 1.12. The number of amides is 1. The van der Waals surface area contributed by atoms with Crippen molar-refractivity contribution in [1.82, 2.24) is 4.90 Å². The van der Waals surface area contributed by atoms with Gasteiger partial charge in [0.05, 0.1) is 29.3 Å². The number of ketones is 2. The number of hydrogen-bond donors (Lipinski definition) is 6. The molecule has 6 atom stereocenters. The summed E-state index contributed by atoms with van der Waals surface area (Å²) in [5.74, 6) is -8.86. The Morgan fingerprint density at radius 2 is 1.67 bits per heavy atom. The highest BCUT2D eigenvalue weighted by Gasteiger charge is 2.68. The second kappa shape index (κ2) is 9.96. The van der Waals surface area contributed by atoms with Crippen molar-refractivity contribution in [2.75, 3.05) is 32.1 Å². The molecule has 11 heteroatoms. The molecule has 0 spiro atoms. The highest BCUT2D eigenvalue weighted by Crippen LogP contribution is 2.56. The van der Waals surface area contributed by atoms with Crippen LogP contribution in [0, 0.1) is 11.8 Å². The summed E-state index contributed by atoms with van der Waals surface area (Å²) in [7, 11) is 2.95. The Kier molecular flexibility index (Phi) is 7.30. The van der Waals surface area contributed by atoms with Crippen molar-refractivity contribution in [3.05, 3.63) is 40.2 Å². The van der Waals surface area contributed by atoms with Crippen LogP contribution in [-0.4, -0.2) is 92.8 Å². The van der Waals surface area contributed by atoms with E-state index in [2.05, 4.69) is 0 Å². The maximum absolute atomic E-state index is 14.1. The Morgan fingerprint density at radius 1 is 1.08 bits per heavy atom. The SMILES string of the molecule is CCCN(CCC)c1ccc2c(c1O)C(O)=C1C(=O)[C@]3(O)C(O)=C(C(N)=O)C(=O)[C@@H](N(C)C)[C@@H]3[C@@H](O)C1[C@H]2C. The van der Waals surface area contributed by atoms with E-state index >= 15 is 0 Å². The average Bonchev–Trinajstić information content (AvgIpc) is 2.85. The average molecular weight is 544 g/mol. The van der Waals surface area contributed by atoms with E-state index in [1.54, 1.807) is 19.1 Å². The third-order valence-electron chi connectivity index (χ3n) is 8.44. The van der Waals surface area contributed by atoms with Crippen LogP contribution in [0.15, 0.2) is 29.0 Å². The minimum atomic E-state index is -2.92. The molecule has 1 unspecified atom stereocenters. The number of phenols is 1. The van der Waals surface area contributed by atoms with E-state index < -0.39 is 75.6 Å². The Hall–Kier alpha value is -3.41. The van der Waals surface area contributed by atoms with Crippen LogP contribution in [0.5, 0.6) is 5.75 Å². The molecule has 0 aliphatic heterocycles. The molecule has 4 rings (SSSR count). The van der Waals surface area contributed by atoms with Crippen LogP contribution in [0.1, 0.15) is 50.7 Å². The number of benzene rings is 1. The smallest absolute Gasteiger partial charge is 0.255 e. The van der Waals surface area contributed by atoms with Crippen LogP contribution in [0.4, 0.5) is 5.69 Å². The summed E-state index contributed by atoms with van der Waals surface area (Å²) < 4.78 is 0. The van der Waals surface area contributed by atoms with E-state index in [4.69, 9.17) is 5.73 Å². The Labute approximate surface area is 226 Å². The maximum Gasteiger partial charge on any atom is 0.255 e. The molecule has 3 aliphatic carbocycles. The Morgan fingerprint density at radius 3 is 2.18 bits per heavy atom. The molecule has 0 aromatic heterocycles. The van der Waals surface area contributed by atoms with Gasteiger partial charge in [0.1, 0.15) is 22.8 Å². The van der Waals surface area contributed by atoms with Crippen LogP contribution in [0.25, 0.3) is 5.76 Å². The molecule has 1 fully saturated rings. The molecule has 0 heterocycles. The lowest BCUT2D eigenvalue weighted by molar-refractivity contribution is -0.169. The standard InChI is InChI=1S/C28H37N3O8/c1-6-10-31(11-7-2)14-9-8-13-12(3)15-17(22(33)16(13)21(14)32)25(36)28(39)19(23(15)34)20(30(4)5)24(35)18(26(28)37)27(29)38/h8-9,12,15,19-20,23,32-34,37,39H,6-7,10-11H2,1-5H3,(H2,29,38)/t12-,15?,19+,20-,23-,28-/m0/s1. The third-order valence-corrected chi connectivity index (χ3v) is 8.44. The minimum Gasteiger partial charge on any atom is -0.508 e. The van der Waals surface area contributed by atoms with Crippen molar-refractivity contribution in [2.45, 2.75) is 57.3 Å². The summed E-state index contributed by atoms with van der Waals surface area (Å²) in [6, 6.07) is 2.09. The highest BCUT2D eigenvalue weighted by molar-refractivity contribution is 6.24. The first kappa shape index (κ1) is 28.6. The second-order valence-corrected chi connectivity index (χ2v) is 10.9. The van der Waals surface area contributed by atoms with E-state index in [1.807, 2.05) is 18.7 Å². The number of rotatable bonds is 7. The number of primary amides is 1. The van der Waals surface area contributed by atoms with Gasteiger partial charge in [-0.1, -0.05) is 26.8 Å². The monoisotopic (exact) mass is 543 g/mol. The molecule has 1 aromatic rings. The van der Waals surface area contributed by atoms with Crippen molar-refractivity contribution in [2.24, 2.45) is 17.6 Å². The normalized spacial score (nSPS) is 30.3. The third kappa shape index (κ3) is 3.86. The van der Waals surface area contributed by atoms with Crippen LogP contribution in [0.2, 0.25) is 0 Å². The number of fused-ring (bicyclic) bond motifs is 3. The molecule has 0 saturated heterocycles. The number of likely N-dealkylation sites (N-methyl/N-ethyl adjacent to an activating group) is 1. The molecule has 3 aliphatic rings. The fourth-order valence-corrected chi connectivity index (χ4v) is 6.75. The molecule has 1 amide bonds. The first-order valence-corrected chi connectivity index (χ1v) is 13.2. The topological polar surface area (TPSA) is 185 Å². The van der Waals surface area contributed by atoms with Gasteiger partial charge >= 0.3 is 0 Å². The summed E-state index contributed by atoms with van der Waals surface area (Å²) in [4.78, 5) is 42.8. The molecule has 0 radical (unpaired) electrons. The van der Waals surface area contributed by atoms with Crippen LogP contribution in [-0.2, 0) is 14.4 Å². The number of nitrogens with two attached hydrogens (primary N) is 1. The van der Waals surface area contributed by atoms with Crippen molar-refractivity contribution in [1.29, 1.82) is 0 Å². The highest BCUT2D eigenvalue weighted by atomic mass is 16.4. The van der Waals surface area contributed by atoms with Crippen molar-refractivity contribution in [3.63, 3.8) is 0 Å². The molecule has 1 saturated carbocycles. The van der Waals surface area contributed by atoms with E-state index in [0.717, 1.165) is 12.8 Å². The summed E-state index contributed by atoms with van der Waals surface area (Å²) in [6.45, 7) is 7.00.